The van der Waals surface area contributed by atoms with Gasteiger partial charge in [-0.2, -0.15) is 39.5 Å². The van der Waals surface area contributed by atoms with E-state index in [1.54, 1.807) is 6.20 Å². The summed E-state index contributed by atoms with van der Waals surface area (Å²) in [5.74, 6) is -8.21. The fourth-order valence-electron chi connectivity index (χ4n) is 3.99. The van der Waals surface area contributed by atoms with E-state index in [0.29, 0.717) is 13.1 Å². The molecule has 0 aliphatic carbocycles. The summed E-state index contributed by atoms with van der Waals surface area (Å²) in [5.41, 5.74) is 2.93. The summed E-state index contributed by atoms with van der Waals surface area (Å²) in [6, 6.07) is 10.1. The van der Waals surface area contributed by atoms with Crippen LogP contribution in [-0.2, 0) is 37.0 Å². The lowest BCUT2D eigenvalue weighted by Gasteiger charge is -2.47. The Morgan fingerprint density at radius 2 is 1.33 bits per heavy atom. The summed E-state index contributed by atoms with van der Waals surface area (Å²) in [6.07, 6.45) is -9.63. The number of aliphatic carboxylic acids is 3. The predicted molar refractivity (Wildman–Crippen MR) is 143 cm³/mol. The molecule has 2 saturated heterocycles. The lowest BCUT2D eigenvalue weighted by atomic mass is 9.89. The zero-order valence-corrected chi connectivity index (χ0v) is 24.8. The number of nitrogens with zero attached hydrogens (tertiary/aromatic N) is 4. The topological polar surface area (TPSA) is 170 Å². The maximum absolute atomic E-state index is 12.4. The van der Waals surface area contributed by atoms with Crippen LogP contribution >= 0.6 is 0 Å². The average molecular weight is 709 g/mol. The first-order valence-electron chi connectivity index (χ1n) is 13.3. The summed E-state index contributed by atoms with van der Waals surface area (Å²) in [7, 11) is 0. The number of piperidine rings is 1. The van der Waals surface area contributed by atoms with Crippen LogP contribution in [-0.4, -0.2) is 109 Å². The van der Waals surface area contributed by atoms with Crippen LogP contribution in [0.2, 0.25) is 0 Å². The molecule has 2 fully saturated rings. The number of aromatic nitrogens is 2. The number of amides is 1. The van der Waals surface area contributed by atoms with Gasteiger partial charge in [-0.25, -0.2) is 14.4 Å². The summed E-state index contributed by atoms with van der Waals surface area (Å²) in [5, 5.41) is 21.4. The molecule has 4 heterocycles. The molecule has 2 aromatic heterocycles. The van der Waals surface area contributed by atoms with E-state index in [2.05, 4.69) is 20.9 Å². The normalized spacial score (nSPS) is 16.3. The monoisotopic (exact) mass is 708 g/mol. The molecule has 0 unspecified atom stereocenters. The summed E-state index contributed by atoms with van der Waals surface area (Å²) in [6.45, 7) is 6.23. The summed E-state index contributed by atoms with van der Waals surface area (Å²) < 4.78 is 101. The molecule has 1 spiro atoms. The molecule has 3 N–H and O–H groups in total. The second-order valence-electron chi connectivity index (χ2n) is 10.0. The number of rotatable bonds is 4. The lowest BCUT2D eigenvalue weighted by molar-refractivity contribution is -0.193. The van der Waals surface area contributed by atoms with Crippen LogP contribution in [0.15, 0.2) is 42.7 Å². The highest BCUT2D eigenvalue weighted by atomic mass is 19.4. The van der Waals surface area contributed by atoms with Gasteiger partial charge >= 0.3 is 36.4 Å². The van der Waals surface area contributed by atoms with E-state index in [4.69, 9.17) is 34.4 Å². The number of carboxylic acid groups (broad SMARTS) is 3. The molecule has 0 radical (unpaired) electrons. The molecule has 0 saturated carbocycles. The predicted octanol–water partition coefficient (Wildman–Crippen LogP) is 4.08. The SMILES string of the molecule is Cc1cccc(CN2CC3(CCN(Cc4cccnc4)CC3)OCC2=O)n1.O=C(O)C(F)(F)F.O=C(O)C(F)(F)F.O=C(O)C(F)(F)F. The number of alkyl halides is 9. The lowest BCUT2D eigenvalue weighted by Crippen LogP contribution is -2.58. The van der Waals surface area contributed by atoms with Gasteiger partial charge in [0.2, 0.25) is 5.91 Å². The molecule has 4 rings (SSSR count). The number of carbonyl (C=O) groups excluding carboxylic acids is 1. The van der Waals surface area contributed by atoms with E-state index < -0.39 is 36.4 Å². The Bertz CT molecular complexity index is 1310. The van der Waals surface area contributed by atoms with Gasteiger partial charge in [-0.1, -0.05) is 12.1 Å². The molecule has 48 heavy (non-hydrogen) atoms. The standard InChI is InChI=1S/C21H26N4O2.3C2HF3O2/c1-17-4-2-6-19(23-17)14-25-16-21(27-15-20(25)26)7-10-24(11-8-21)13-18-5-3-9-22-12-18;3*3-2(4,5)1(6)7/h2-6,9,12H,7-8,10-11,13-16H2,1H3;3*(H,6,7). The quantitative estimate of drug-likeness (QED) is 0.391. The number of likely N-dealkylation sites (tertiary alicyclic amines) is 1. The van der Waals surface area contributed by atoms with Crippen molar-refractivity contribution in [2.45, 2.75) is 57.0 Å². The Labute approximate surface area is 265 Å². The van der Waals surface area contributed by atoms with Crippen LogP contribution < -0.4 is 0 Å². The van der Waals surface area contributed by atoms with Gasteiger partial charge in [0, 0.05) is 37.7 Å². The van der Waals surface area contributed by atoms with Gasteiger partial charge in [0.05, 0.1) is 24.4 Å². The first kappa shape index (κ1) is 41.5. The van der Waals surface area contributed by atoms with Crippen LogP contribution in [0.5, 0.6) is 0 Å². The third-order valence-electron chi connectivity index (χ3n) is 6.26. The van der Waals surface area contributed by atoms with Crippen molar-refractivity contribution in [1.29, 1.82) is 0 Å². The minimum atomic E-state index is -5.08. The van der Waals surface area contributed by atoms with E-state index >= 15 is 0 Å². The molecular formula is C27H29F9N4O8. The molecule has 21 heteroatoms. The van der Waals surface area contributed by atoms with Crippen LogP contribution in [0.25, 0.3) is 0 Å². The zero-order valence-electron chi connectivity index (χ0n) is 24.8. The molecule has 2 aliphatic heterocycles. The maximum atomic E-state index is 12.4. The third kappa shape index (κ3) is 15.4. The highest BCUT2D eigenvalue weighted by Gasteiger charge is 2.42. The Hall–Kier alpha value is -4.53. The second kappa shape index (κ2) is 17.6. The van der Waals surface area contributed by atoms with Crippen molar-refractivity contribution in [1.82, 2.24) is 19.8 Å². The number of pyridine rings is 2. The number of hydrogen-bond donors (Lipinski definition) is 3. The Balaban J connectivity index is 0.000000448. The number of carbonyl (C=O) groups is 4. The maximum Gasteiger partial charge on any atom is 0.490 e. The Morgan fingerprint density at radius 1 is 0.833 bits per heavy atom. The van der Waals surface area contributed by atoms with Gasteiger partial charge in [-0.15, -0.1) is 0 Å². The van der Waals surface area contributed by atoms with Crippen LogP contribution in [0, 0.1) is 6.92 Å². The summed E-state index contributed by atoms with van der Waals surface area (Å²) in [4.78, 5) is 52.2. The minimum Gasteiger partial charge on any atom is -0.475 e. The zero-order chi connectivity index (χ0) is 36.9. The summed E-state index contributed by atoms with van der Waals surface area (Å²) >= 11 is 0. The fraction of sp³-hybridized carbons (Fsp3) is 0.481. The van der Waals surface area contributed by atoms with E-state index in [1.165, 1.54) is 5.56 Å². The average Bonchev–Trinajstić information content (AvgIpc) is 2.96. The smallest absolute Gasteiger partial charge is 0.475 e. The van der Waals surface area contributed by atoms with Gasteiger partial charge < -0.3 is 25.0 Å². The van der Waals surface area contributed by atoms with E-state index in [9.17, 15) is 44.3 Å². The molecule has 0 bridgehead atoms. The highest BCUT2D eigenvalue weighted by Crippen LogP contribution is 2.31. The molecule has 12 nitrogen and oxygen atoms in total. The van der Waals surface area contributed by atoms with Crippen molar-refractivity contribution in [3.63, 3.8) is 0 Å². The van der Waals surface area contributed by atoms with Crippen molar-refractivity contribution >= 4 is 23.8 Å². The van der Waals surface area contributed by atoms with E-state index in [-0.39, 0.29) is 18.1 Å². The minimum absolute atomic E-state index is 0.0571. The molecular weight excluding hydrogens is 679 g/mol. The second-order valence-corrected chi connectivity index (χ2v) is 10.0. The largest absolute Gasteiger partial charge is 0.490 e. The van der Waals surface area contributed by atoms with Gasteiger partial charge in [0.25, 0.3) is 0 Å². The van der Waals surface area contributed by atoms with Crippen molar-refractivity contribution in [2.75, 3.05) is 26.2 Å². The van der Waals surface area contributed by atoms with Crippen molar-refractivity contribution in [3.05, 3.63) is 59.7 Å². The van der Waals surface area contributed by atoms with Crippen molar-refractivity contribution in [2.24, 2.45) is 0 Å². The number of hydrogen-bond acceptors (Lipinski definition) is 8. The van der Waals surface area contributed by atoms with Crippen molar-refractivity contribution in [3.8, 4) is 0 Å². The van der Waals surface area contributed by atoms with Gasteiger partial charge in [0.15, 0.2) is 0 Å². The first-order chi connectivity index (χ1) is 21.9. The van der Waals surface area contributed by atoms with Gasteiger partial charge in [-0.3, -0.25) is 19.7 Å². The van der Waals surface area contributed by atoms with Crippen molar-refractivity contribution < 1.29 is 78.7 Å². The number of halogens is 9. The molecule has 2 aliphatic rings. The molecule has 0 atom stereocenters. The number of carboxylic acids is 3. The highest BCUT2D eigenvalue weighted by molar-refractivity contribution is 5.78. The first-order valence-corrected chi connectivity index (χ1v) is 13.3. The number of ether oxygens (including phenoxy) is 1. The number of morpholine rings is 1. The van der Waals surface area contributed by atoms with Gasteiger partial charge in [0.1, 0.15) is 6.61 Å². The van der Waals surface area contributed by atoms with Crippen LogP contribution in [0.1, 0.15) is 29.8 Å². The molecule has 0 aromatic carbocycles. The fourth-order valence-corrected chi connectivity index (χ4v) is 3.99. The van der Waals surface area contributed by atoms with Crippen LogP contribution in [0.4, 0.5) is 39.5 Å². The van der Waals surface area contributed by atoms with E-state index in [0.717, 1.165) is 43.9 Å². The van der Waals surface area contributed by atoms with E-state index in [1.807, 2.05) is 42.3 Å². The Morgan fingerprint density at radius 3 is 1.75 bits per heavy atom. The molecule has 268 valence electrons. The number of aryl methyl sites for hydroxylation is 1. The van der Waals surface area contributed by atoms with Gasteiger partial charge in [-0.05, 0) is 43.5 Å². The van der Waals surface area contributed by atoms with Crippen LogP contribution in [0.3, 0.4) is 0 Å². The Kier molecular flexibility index (Phi) is 15.2. The molecule has 2 aromatic rings. The molecule has 1 amide bonds. The third-order valence-corrected chi connectivity index (χ3v) is 6.26.